The van der Waals surface area contributed by atoms with E-state index in [2.05, 4.69) is 10.4 Å². The molecule has 3 N–H and O–H groups in total. The second-order valence-electron chi connectivity index (χ2n) is 3.82. The number of nitrogen functional groups attached to an aromatic ring is 1. The number of halogens is 3. The van der Waals surface area contributed by atoms with Crippen LogP contribution < -0.4 is 16.2 Å². The molecule has 0 saturated heterocycles. The van der Waals surface area contributed by atoms with Gasteiger partial charge in [0, 0.05) is 13.1 Å². The maximum Gasteiger partial charge on any atom is 0.416 e. The Morgan fingerprint density at radius 3 is 2.44 bits per heavy atom. The molecule has 0 fully saturated rings. The maximum absolute atomic E-state index is 12.7. The van der Waals surface area contributed by atoms with Gasteiger partial charge in [0.25, 0.3) is 0 Å². The van der Waals surface area contributed by atoms with Crippen molar-refractivity contribution in [1.82, 2.24) is 4.98 Å². The number of rotatable bonds is 5. The van der Waals surface area contributed by atoms with Crippen LogP contribution in [-0.4, -0.2) is 18.1 Å². The lowest BCUT2D eigenvalue weighted by Crippen LogP contribution is -2.25. The van der Waals surface area contributed by atoms with Crippen LogP contribution in [0.15, 0.2) is 12.1 Å². The number of nitrogens with two attached hydrogens (primary N) is 1. The molecule has 0 bridgehead atoms. The fourth-order valence-electron chi connectivity index (χ4n) is 1.62. The van der Waals surface area contributed by atoms with E-state index in [-0.39, 0.29) is 11.6 Å². The highest BCUT2D eigenvalue weighted by molar-refractivity contribution is 5.50. The van der Waals surface area contributed by atoms with Crippen LogP contribution in [0.3, 0.4) is 0 Å². The summed E-state index contributed by atoms with van der Waals surface area (Å²) in [5.41, 5.74) is 1.41. The summed E-state index contributed by atoms with van der Waals surface area (Å²) in [5.74, 6) is 5.44. The molecular formula is C11H17F3N4. The lowest BCUT2D eigenvalue weighted by Gasteiger charge is -2.23. The smallest absolute Gasteiger partial charge is 0.357 e. The van der Waals surface area contributed by atoms with Crippen LogP contribution in [0.25, 0.3) is 0 Å². The predicted molar refractivity (Wildman–Crippen MR) is 65.2 cm³/mol. The normalized spacial score (nSPS) is 11.4. The Bertz CT molecular complexity index is 392. The topological polar surface area (TPSA) is 54.2 Å². The SMILES string of the molecule is CCCN(CC)c1cc(C(F)(F)F)cc(NN)n1. The van der Waals surface area contributed by atoms with Crippen molar-refractivity contribution in [2.75, 3.05) is 23.4 Å². The summed E-state index contributed by atoms with van der Waals surface area (Å²) in [7, 11) is 0. The van der Waals surface area contributed by atoms with Gasteiger partial charge in [-0.3, -0.25) is 0 Å². The van der Waals surface area contributed by atoms with Crippen LogP contribution in [0.4, 0.5) is 24.8 Å². The maximum atomic E-state index is 12.7. The zero-order valence-corrected chi connectivity index (χ0v) is 10.4. The summed E-state index contributed by atoms with van der Waals surface area (Å²) in [6.07, 6.45) is -3.58. The molecule has 0 aliphatic heterocycles. The number of hydrogen-bond donors (Lipinski definition) is 2. The molecule has 0 spiro atoms. The zero-order chi connectivity index (χ0) is 13.8. The third kappa shape index (κ3) is 3.49. The van der Waals surface area contributed by atoms with Crippen molar-refractivity contribution in [2.24, 2.45) is 5.84 Å². The van der Waals surface area contributed by atoms with Gasteiger partial charge in [0.1, 0.15) is 11.6 Å². The van der Waals surface area contributed by atoms with Crippen molar-refractivity contribution in [3.8, 4) is 0 Å². The number of aromatic nitrogens is 1. The number of pyridine rings is 1. The summed E-state index contributed by atoms with van der Waals surface area (Å²) < 4.78 is 38.2. The highest BCUT2D eigenvalue weighted by Crippen LogP contribution is 2.32. The fraction of sp³-hybridized carbons (Fsp3) is 0.545. The van der Waals surface area contributed by atoms with Gasteiger partial charge in [0.2, 0.25) is 0 Å². The van der Waals surface area contributed by atoms with E-state index in [1.54, 1.807) is 4.90 Å². The molecule has 0 aliphatic carbocycles. The fourth-order valence-corrected chi connectivity index (χ4v) is 1.62. The van der Waals surface area contributed by atoms with E-state index >= 15 is 0 Å². The second kappa shape index (κ2) is 5.90. The van der Waals surface area contributed by atoms with Gasteiger partial charge < -0.3 is 10.3 Å². The van der Waals surface area contributed by atoms with Gasteiger partial charge in [-0.25, -0.2) is 10.8 Å². The summed E-state index contributed by atoms with van der Waals surface area (Å²) in [4.78, 5) is 5.82. The largest absolute Gasteiger partial charge is 0.416 e. The van der Waals surface area contributed by atoms with Crippen molar-refractivity contribution in [3.63, 3.8) is 0 Å². The number of alkyl halides is 3. The number of anilines is 2. The van der Waals surface area contributed by atoms with Gasteiger partial charge in [-0.15, -0.1) is 0 Å². The van der Waals surface area contributed by atoms with Gasteiger partial charge in [-0.05, 0) is 25.5 Å². The quantitative estimate of drug-likeness (QED) is 0.632. The standard InChI is InChI=1S/C11H17F3N4/c1-3-5-18(4-2)10-7-8(11(12,13)14)6-9(16-10)17-15/h6-7H,3-5,15H2,1-2H3,(H,16,17). The minimum absolute atomic E-state index is 0.00868. The minimum Gasteiger partial charge on any atom is -0.357 e. The Balaban J connectivity index is 3.18. The molecule has 1 rings (SSSR count). The molecule has 18 heavy (non-hydrogen) atoms. The Labute approximate surface area is 104 Å². The van der Waals surface area contributed by atoms with Gasteiger partial charge in [-0.2, -0.15) is 13.2 Å². The molecule has 0 saturated carbocycles. The van der Waals surface area contributed by atoms with Gasteiger partial charge in [0.15, 0.2) is 0 Å². The summed E-state index contributed by atoms with van der Waals surface area (Å²) in [6.45, 7) is 5.06. The zero-order valence-electron chi connectivity index (χ0n) is 10.4. The van der Waals surface area contributed by atoms with E-state index in [4.69, 9.17) is 5.84 Å². The lowest BCUT2D eigenvalue weighted by atomic mass is 10.2. The summed E-state index contributed by atoms with van der Waals surface area (Å²) >= 11 is 0. The summed E-state index contributed by atoms with van der Waals surface area (Å²) in [5, 5.41) is 0. The average molecular weight is 262 g/mol. The molecule has 0 atom stereocenters. The van der Waals surface area contributed by atoms with E-state index in [0.717, 1.165) is 18.6 Å². The molecule has 0 radical (unpaired) electrons. The third-order valence-corrected chi connectivity index (χ3v) is 2.49. The van der Waals surface area contributed by atoms with E-state index < -0.39 is 11.7 Å². The number of nitrogens with one attached hydrogen (secondary N) is 1. The Hall–Kier alpha value is -1.50. The molecule has 1 aromatic heterocycles. The predicted octanol–water partition coefficient (Wildman–Crippen LogP) is 2.62. The first-order valence-electron chi connectivity index (χ1n) is 5.73. The molecule has 0 unspecified atom stereocenters. The monoisotopic (exact) mass is 262 g/mol. The Morgan fingerprint density at radius 1 is 1.33 bits per heavy atom. The molecule has 0 aliphatic rings. The Morgan fingerprint density at radius 2 is 2.00 bits per heavy atom. The third-order valence-electron chi connectivity index (χ3n) is 2.49. The van der Waals surface area contributed by atoms with Crippen LogP contribution in [0.2, 0.25) is 0 Å². The van der Waals surface area contributed by atoms with Crippen molar-refractivity contribution in [2.45, 2.75) is 26.4 Å². The van der Waals surface area contributed by atoms with E-state index in [1.807, 2.05) is 13.8 Å². The first kappa shape index (κ1) is 14.6. The van der Waals surface area contributed by atoms with Crippen LogP contribution in [-0.2, 0) is 6.18 Å². The van der Waals surface area contributed by atoms with Crippen LogP contribution >= 0.6 is 0 Å². The highest BCUT2D eigenvalue weighted by atomic mass is 19.4. The first-order chi connectivity index (χ1) is 8.42. The van der Waals surface area contributed by atoms with Crippen LogP contribution in [0, 0.1) is 0 Å². The van der Waals surface area contributed by atoms with Gasteiger partial charge >= 0.3 is 6.18 Å². The molecule has 0 amide bonds. The molecule has 4 nitrogen and oxygen atoms in total. The van der Waals surface area contributed by atoms with Crippen LogP contribution in [0.1, 0.15) is 25.8 Å². The van der Waals surface area contributed by atoms with Gasteiger partial charge in [-0.1, -0.05) is 6.92 Å². The Kier molecular flexibility index (Phi) is 4.77. The van der Waals surface area contributed by atoms with Crippen LogP contribution in [0.5, 0.6) is 0 Å². The highest BCUT2D eigenvalue weighted by Gasteiger charge is 2.32. The number of hydrogen-bond acceptors (Lipinski definition) is 4. The van der Waals surface area contributed by atoms with E-state index in [0.29, 0.717) is 13.1 Å². The lowest BCUT2D eigenvalue weighted by molar-refractivity contribution is -0.137. The van der Waals surface area contributed by atoms with E-state index in [1.165, 1.54) is 0 Å². The molecular weight excluding hydrogens is 245 g/mol. The first-order valence-corrected chi connectivity index (χ1v) is 5.73. The summed E-state index contributed by atoms with van der Waals surface area (Å²) in [6, 6.07) is 1.93. The van der Waals surface area contributed by atoms with E-state index in [9.17, 15) is 13.2 Å². The molecule has 102 valence electrons. The molecule has 7 heteroatoms. The van der Waals surface area contributed by atoms with Crippen molar-refractivity contribution in [3.05, 3.63) is 17.7 Å². The number of hydrazine groups is 1. The second-order valence-corrected chi connectivity index (χ2v) is 3.82. The van der Waals surface area contributed by atoms with Gasteiger partial charge in [0.05, 0.1) is 5.56 Å². The molecule has 1 heterocycles. The van der Waals surface area contributed by atoms with Crippen molar-refractivity contribution < 1.29 is 13.2 Å². The molecule has 0 aromatic carbocycles. The van der Waals surface area contributed by atoms with Crippen molar-refractivity contribution >= 4 is 11.6 Å². The number of nitrogens with zero attached hydrogens (tertiary/aromatic N) is 2. The minimum atomic E-state index is -4.41. The molecule has 1 aromatic rings. The van der Waals surface area contributed by atoms with Crippen molar-refractivity contribution in [1.29, 1.82) is 0 Å². The average Bonchev–Trinajstić information content (AvgIpc) is 2.34.